The molecule has 0 saturated heterocycles. The van der Waals surface area contributed by atoms with Crippen LogP contribution in [-0.4, -0.2) is 22.3 Å². The van der Waals surface area contributed by atoms with Gasteiger partial charge in [0.1, 0.15) is 10.7 Å². The monoisotopic (exact) mass is 302 g/mol. The quantitative estimate of drug-likeness (QED) is 0.911. The molecule has 1 aliphatic rings. The topological polar surface area (TPSA) is 71.2 Å². The Labute approximate surface area is 127 Å². The largest absolute Gasteiger partial charge is 0.382 e. The molecule has 0 fully saturated rings. The Bertz CT molecular complexity index is 642. The van der Waals surface area contributed by atoms with Crippen molar-refractivity contribution in [2.75, 3.05) is 17.6 Å². The van der Waals surface area contributed by atoms with E-state index in [-0.39, 0.29) is 5.91 Å². The maximum absolute atomic E-state index is 12.6. The number of aromatic nitrogens is 1. The molecule has 1 aliphatic heterocycles. The number of carbonyl (C=O) groups excluding carboxylic acids is 1. The predicted molar refractivity (Wildman–Crippen MR) is 85.3 cm³/mol. The summed E-state index contributed by atoms with van der Waals surface area (Å²) in [6.07, 6.45) is 1.00. The SMILES string of the molecule is CCCNc1nc(N)c(C(=O)N2Cc3ccccc3C2)s1. The Morgan fingerprint density at radius 3 is 2.67 bits per heavy atom. The van der Waals surface area contributed by atoms with Crippen LogP contribution in [0.1, 0.15) is 34.1 Å². The van der Waals surface area contributed by atoms with E-state index in [0.29, 0.717) is 23.8 Å². The van der Waals surface area contributed by atoms with Crippen LogP contribution < -0.4 is 11.1 Å². The number of nitrogens with one attached hydrogen (secondary N) is 1. The first-order chi connectivity index (χ1) is 10.2. The van der Waals surface area contributed by atoms with Gasteiger partial charge in [0.2, 0.25) is 0 Å². The van der Waals surface area contributed by atoms with Crippen LogP contribution in [0.5, 0.6) is 0 Å². The van der Waals surface area contributed by atoms with Crippen molar-refractivity contribution in [1.29, 1.82) is 0 Å². The maximum atomic E-state index is 12.6. The molecule has 110 valence electrons. The van der Waals surface area contributed by atoms with Gasteiger partial charge in [-0.25, -0.2) is 4.98 Å². The molecule has 1 aromatic carbocycles. The van der Waals surface area contributed by atoms with Gasteiger partial charge in [-0.15, -0.1) is 0 Å². The molecule has 2 heterocycles. The summed E-state index contributed by atoms with van der Waals surface area (Å²) in [5.41, 5.74) is 8.31. The third-order valence-corrected chi connectivity index (χ3v) is 4.52. The van der Waals surface area contributed by atoms with Gasteiger partial charge in [0.05, 0.1) is 0 Å². The van der Waals surface area contributed by atoms with Crippen LogP contribution in [0.4, 0.5) is 10.9 Å². The highest BCUT2D eigenvalue weighted by atomic mass is 32.1. The highest BCUT2D eigenvalue weighted by molar-refractivity contribution is 7.18. The fraction of sp³-hybridized carbons (Fsp3) is 0.333. The van der Waals surface area contributed by atoms with Gasteiger partial charge in [-0.2, -0.15) is 0 Å². The number of anilines is 2. The lowest BCUT2D eigenvalue weighted by molar-refractivity contribution is 0.0757. The molecule has 6 heteroatoms. The number of nitrogen functional groups attached to an aromatic ring is 1. The van der Waals surface area contributed by atoms with Crippen molar-refractivity contribution in [2.24, 2.45) is 0 Å². The van der Waals surface area contributed by atoms with Gasteiger partial charge in [0.25, 0.3) is 5.91 Å². The second kappa shape index (κ2) is 5.73. The number of rotatable bonds is 4. The maximum Gasteiger partial charge on any atom is 0.268 e. The van der Waals surface area contributed by atoms with Gasteiger partial charge in [0.15, 0.2) is 5.13 Å². The van der Waals surface area contributed by atoms with Crippen molar-refractivity contribution >= 4 is 28.2 Å². The fourth-order valence-corrected chi connectivity index (χ4v) is 3.29. The zero-order chi connectivity index (χ0) is 14.8. The molecule has 0 aliphatic carbocycles. The molecule has 3 N–H and O–H groups in total. The molecule has 21 heavy (non-hydrogen) atoms. The molecule has 2 aromatic rings. The number of hydrogen-bond acceptors (Lipinski definition) is 5. The zero-order valence-corrected chi connectivity index (χ0v) is 12.7. The summed E-state index contributed by atoms with van der Waals surface area (Å²) in [5.74, 6) is 0.283. The standard InChI is InChI=1S/C15H18N4OS/c1-2-7-17-15-18-13(16)12(21-15)14(20)19-8-10-5-3-4-6-11(10)9-19/h3-6H,2,7-9,16H2,1H3,(H,17,18). The van der Waals surface area contributed by atoms with Gasteiger partial charge in [-0.05, 0) is 17.5 Å². The van der Waals surface area contributed by atoms with E-state index in [1.165, 1.54) is 22.5 Å². The van der Waals surface area contributed by atoms with Crippen molar-refractivity contribution in [1.82, 2.24) is 9.88 Å². The number of nitrogens with two attached hydrogens (primary N) is 1. The number of amides is 1. The molecule has 0 atom stereocenters. The molecule has 5 nitrogen and oxygen atoms in total. The van der Waals surface area contributed by atoms with Crippen molar-refractivity contribution in [3.63, 3.8) is 0 Å². The number of benzene rings is 1. The average molecular weight is 302 g/mol. The van der Waals surface area contributed by atoms with Crippen LogP contribution in [0.3, 0.4) is 0 Å². The lowest BCUT2D eigenvalue weighted by Crippen LogP contribution is -2.25. The van der Waals surface area contributed by atoms with Gasteiger partial charge in [-0.3, -0.25) is 4.79 Å². The van der Waals surface area contributed by atoms with Gasteiger partial charge in [-0.1, -0.05) is 42.5 Å². The minimum absolute atomic E-state index is 0.0363. The van der Waals surface area contributed by atoms with E-state index in [9.17, 15) is 4.79 Å². The third-order valence-electron chi connectivity index (χ3n) is 3.50. The predicted octanol–water partition coefficient (Wildman–Crippen LogP) is 2.70. The smallest absolute Gasteiger partial charge is 0.268 e. The van der Waals surface area contributed by atoms with Gasteiger partial charge >= 0.3 is 0 Å². The lowest BCUT2D eigenvalue weighted by atomic mass is 10.1. The van der Waals surface area contributed by atoms with Crippen LogP contribution in [0.25, 0.3) is 0 Å². The Kier molecular flexibility index (Phi) is 3.79. The van der Waals surface area contributed by atoms with E-state index in [2.05, 4.69) is 29.4 Å². The lowest BCUT2D eigenvalue weighted by Gasteiger charge is -2.14. The summed E-state index contributed by atoms with van der Waals surface area (Å²) < 4.78 is 0. The second-order valence-corrected chi connectivity index (χ2v) is 6.09. The first-order valence-corrected chi connectivity index (χ1v) is 7.87. The Morgan fingerprint density at radius 1 is 1.38 bits per heavy atom. The Morgan fingerprint density at radius 2 is 2.05 bits per heavy atom. The van der Waals surface area contributed by atoms with E-state index in [0.717, 1.165) is 18.1 Å². The van der Waals surface area contributed by atoms with Crippen molar-refractivity contribution in [3.05, 3.63) is 40.3 Å². The van der Waals surface area contributed by atoms with E-state index in [4.69, 9.17) is 5.73 Å². The minimum Gasteiger partial charge on any atom is -0.382 e. The third kappa shape index (κ3) is 2.71. The molecular formula is C15H18N4OS. The van der Waals surface area contributed by atoms with E-state index >= 15 is 0 Å². The average Bonchev–Trinajstić information content (AvgIpc) is 3.07. The summed E-state index contributed by atoms with van der Waals surface area (Å²) in [7, 11) is 0. The highest BCUT2D eigenvalue weighted by Gasteiger charge is 2.27. The molecule has 3 rings (SSSR count). The minimum atomic E-state index is -0.0363. The Balaban J connectivity index is 1.76. The van der Waals surface area contributed by atoms with E-state index in [1.54, 1.807) is 0 Å². The Hall–Kier alpha value is -2.08. The highest BCUT2D eigenvalue weighted by Crippen LogP contribution is 2.30. The summed E-state index contributed by atoms with van der Waals surface area (Å²) >= 11 is 1.33. The molecule has 0 unspecified atom stereocenters. The summed E-state index contributed by atoms with van der Waals surface area (Å²) in [6.45, 7) is 4.20. The zero-order valence-electron chi connectivity index (χ0n) is 11.9. The molecule has 0 saturated carbocycles. The number of carbonyl (C=O) groups is 1. The molecule has 0 spiro atoms. The van der Waals surface area contributed by atoms with E-state index in [1.807, 2.05) is 17.0 Å². The van der Waals surface area contributed by atoms with Crippen LogP contribution in [0, 0.1) is 0 Å². The van der Waals surface area contributed by atoms with Crippen molar-refractivity contribution < 1.29 is 4.79 Å². The number of fused-ring (bicyclic) bond motifs is 1. The van der Waals surface area contributed by atoms with Crippen LogP contribution in [0.15, 0.2) is 24.3 Å². The first kappa shape index (κ1) is 13.9. The van der Waals surface area contributed by atoms with Gasteiger partial charge < -0.3 is 16.0 Å². The number of nitrogens with zero attached hydrogens (tertiary/aromatic N) is 2. The molecule has 0 bridgehead atoms. The van der Waals surface area contributed by atoms with Crippen LogP contribution >= 0.6 is 11.3 Å². The normalized spacial score (nSPS) is 13.3. The molecular weight excluding hydrogens is 284 g/mol. The molecule has 0 radical (unpaired) electrons. The number of thiazole rings is 1. The van der Waals surface area contributed by atoms with E-state index < -0.39 is 0 Å². The van der Waals surface area contributed by atoms with Gasteiger partial charge in [0, 0.05) is 19.6 Å². The van der Waals surface area contributed by atoms with Crippen molar-refractivity contribution in [3.8, 4) is 0 Å². The second-order valence-electron chi connectivity index (χ2n) is 5.09. The first-order valence-electron chi connectivity index (χ1n) is 7.05. The summed E-state index contributed by atoms with van der Waals surface area (Å²) in [5, 5.41) is 3.89. The van der Waals surface area contributed by atoms with Crippen molar-refractivity contribution in [2.45, 2.75) is 26.4 Å². The van der Waals surface area contributed by atoms with Crippen LogP contribution in [-0.2, 0) is 13.1 Å². The summed E-state index contributed by atoms with van der Waals surface area (Å²) in [4.78, 5) is 19.2. The molecule has 1 amide bonds. The fourth-order valence-electron chi connectivity index (χ4n) is 2.41. The number of hydrogen-bond donors (Lipinski definition) is 2. The van der Waals surface area contributed by atoms with Crippen LogP contribution in [0.2, 0.25) is 0 Å². The summed E-state index contributed by atoms with van der Waals surface area (Å²) in [6, 6.07) is 8.13. The molecule has 1 aromatic heterocycles.